The third-order valence-electron chi connectivity index (χ3n) is 3.26. The quantitative estimate of drug-likeness (QED) is 0.869. The fourth-order valence-electron chi connectivity index (χ4n) is 2.30. The van der Waals surface area contributed by atoms with Gasteiger partial charge < -0.3 is 9.73 Å². The lowest BCUT2D eigenvalue weighted by Gasteiger charge is -2.16. The minimum atomic E-state index is 0.212. The molecule has 1 N–H and O–H groups in total. The number of hydrogen-bond donors (Lipinski definition) is 1. The van der Waals surface area contributed by atoms with Gasteiger partial charge >= 0.3 is 0 Å². The highest BCUT2D eigenvalue weighted by Gasteiger charge is 2.17. The number of furan rings is 1. The predicted molar refractivity (Wildman–Crippen MR) is 76.1 cm³/mol. The second-order valence-corrected chi connectivity index (χ2v) is 5.06. The summed E-state index contributed by atoms with van der Waals surface area (Å²) < 4.78 is 7.72. The van der Waals surface area contributed by atoms with Crippen LogP contribution in [0.2, 0.25) is 0 Å². The summed E-state index contributed by atoms with van der Waals surface area (Å²) in [6.07, 6.45) is 2.00. The molecule has 0 aliphatic heterocycles. The molecular weight excluding hydrogens is 238 g/mol. The number of rotatable bonds is 6. The van der Waals surface area contributed by atoms with Crippen molar-refractivity contribution >= 4 is 0 Å². The van der Waals surface area contributed by atoms with E-state index in [1.165, 1.54) is 5.69 Å². The highest BCUT2D eigenvalue weighted by molar-refractivity contribution is 5.15. The summed E-state index contributed by atoms with van der Waals surface area (Å²) in [5, 5.41) is 7.95. The third kappa shape index (κ3) is 3.47. The van der Waals surface area contributed by atoms with Crippen LogP contribution in [0.15, 0.2) is 22.6 Å². The Bertz CT molecular complexity index is 527. The van der Waals surface area contributed by atoms with E-state index in [9.17, 15) is 0 Å². The highest BCUT2D eigenvalue weighted by Crippen LogP contribution is 2.21. The van der Waals surface area contributed by atoms with E-state index in [2.05, 4.69) is 29.5 Å². The lowest BCUT2D eigenvalue weighted by Crippen LogP contribution is -2.24. The molecule has 104 valence electrons. The lowest BCUT2D eigenvalue weighted by atomic mass is 10.1. The number of nitrogens with one attached hydrogen (secondary N) is 1. The SMILES string of the molecule is CCCNC(Cc1cc(C)nn1C)c1ccc(C)o1. The first-order chi connectivity index (χ1) is 9.10. The maximum Gasteiger partial charge on any atom is 0.121 e. The van der Waals surface area contributed by atoms with Crippen LogP contribution in [-0.4, -0.2) is 16.3 Å². The molecule has 0 aliphatic rings. The monoisotopic (exact) mass is 261 g/mol. The maximum absolute atomic E-state index is 5.77. The van der Waals surface area contributed by atoms with Crippen LogP contribution in [0.5, 0.6) is 0 Å². The van der Waals surface area contributed by atoms with Crippen LogP contribution in [0.25, 0.3) is 0 Å². The fourth-order valence-corrected chi connectivity index (χ4v) is 2.30. The van der Waals surface area contributed by atoms with E-state index in [1.54, 1.807) is 0 Å². The molecule has 2 rings (SSSR count). The second kappa shape index (κ2) is 6.06. The Morgan fingerprint density at radius 2 is 2.16 bits per heavy atom. The predicted octanol–water partition coefficient (Wildman–Crippen LogP) is 2.91. The van der Waals surface area contributed by atoms with Gasteiger partial charge in [-0.05, 0) is 45.0 Å². The van der Waals surface area contributed by atoms with Gasteiger partial charge in [0.25, 0.3) is 0 Å². The number of hydrogen-bond acceptors (Lipinski definition) is 3. The van der Waals surface area contributed by atoms with Gasteiger partial charge in [-0.3, -0.25) is 4.68 Å². The van der Waals surface area contributed by atoms with Gasteiger partial charge in [-0.1, -0.05) is 6.92 Å². The summed E-state index contributed by atoms with van der Waals surface area (Å²) >= 11 is 0. The van der Waals surface area contributed by atoms with E-state index < -0.39 is 0 Å². The molecule has 0 saturated heterocycles. The van der Waals surface area contributed by atoms with Crippen molar-refractivity contribution < 1.29 is 4.42 Å². The number of aromatic nitrogens is 2. The lowest BCUT2D eigenvalue weighted by molar-refractivity contribution is 0.393. The van der Waals surface area contributed by atoms with Crippen LogP contribution in [0, 0.1) is 13.8 Å². The minimum Gasteiger partial charge on any atom is -0.465 e. The van der Waals surface area contributed by atoms with Crippen molar-refractivity contribution in [1.82, 2.24) is 15.1 Å². The molecule has 4 heteroatoms. The van der Waals surface area contributed by atoms with Crippen molar-refractivity contribution in [3.05, 3.63) is 41.1 Å². The molecule has 0 saturated carbocycles. The average molecular weight is 261 g/mol. The molecule has 2 aromatic rings. The second-order valence-electron chi connectivity index (χ2n) is 5.06. The van der Waals surface area contributed by atoms with Crippen LogP contribution in [0.4, 0.5) is 0 Å². The van der Waals surface area contributed by atoms with Crippen LogP contribution in [0.1, 0.15) is 42.3 Å². The summed E-state index contributed by atoms with van der Waals surface area (Å²) in [6, 6.07) is 6.43. The minimum absolute atomic E-state index is 0.212. The Kier molecular flexibility index (Phi) is 4.43. The van der Waals surface area contributed by atoms with Gasteiger partial charge in [-0.2, -0.15) is 5.10 Å². The molecule has 0 spiro atoms. The molecule has 0 bridgehead atoms. The molecule has 0 radical (unpaired) electrons. The Hall–Kier alpha value is -1.55. The first-order valence-corrected chi connectivity index (χ1v) is 6.89. The molecular formula is C15H23N3O. The molecule has 4 nitrogen and oxygen atoms in total. The van der Waals surface area contributed by atoms with Crippen molar-refractivity contribution in [3.63, 3.8) is 0 Å². The summed E-state index contributed by atoms with van der Waals surface area (Å²) in [7, 11) is 1.99. The van der Waals surface area contributed by atoms with Crippen molar-refractivity contribution in [1.29, 1.82) is 0 Å². The number of nitrogens with zero attached hydrogens (tertiary/aromatic N) is 2. The Balaban J connectivity index is 2.16. The van der Waals surface area contributed by atoms with E-state index in [0.717, 1.165) is 36.6 Å². The van der Waals surface area contributed by atoms with Crippen molar-refractivity contribution in [2.45, 2.75) is 39.7 Å². The Labute approximate surface area is 114 Å². The molecule has 0 amide bonds. The van der Waals surface area contributed by atoms with Gasteiger partial charge in [0.05, 0.1) is 11.7 Å². The number of aryl methyl sites for hydroxylation is 3. The van der Waals surface area contributed by atoms with E-state index in [-0.39, 0.29) is 6.04 Å². The molecule has 19 heavy (non-hydrogen) atoms. The summed E-state index contributed by atoms with van der Waals surface area (Å²) in [4.78, 5) is 0. The Morgan fingerprint density at radius 3 is 2.68 bits per heavy atom. The van der Waals surface area contributed by atoms with Crippen LogP contribution < -0.4 is 5.32 Å². The van der Waals surface area contributed by atoms with E-state index >= 15 is 0 Å². The molecule has 2 heterocycles. The van der Waals surface area contributed by atoms with Gasteiger partial charge in [0, 0.05) is 19.2 Å². The zero-order chi connectivity index (χ0) is 13.8. The molecule has 0 aromatic carbocycles. The van der Waals surface area contributed by atoms with Crippen LogP contribution >= 0.6 is 0 Å². The van der Waals surface area contributed by atoms with E-state index in [1.807, 2.05) is 31.6 Å². The molecule has 1 atom stereocenters. The van der Waals surface area contributed by atoms with Gasteiger partial charge in [0.15, 0.2) is 0 Å². The molecule has 1 unspecified atom stereocenters. The van der Waals surface area contributed by atoms with Crippen LogP contribution in [-0.2, 0) is 13.5 Å². The van der Waals surface area contributed by atoms with Gasteiger partial charge in [0.1, 0.15) is 11.5 Å². The van der Waals surface area contributed by atoms with Crippen LogP contribution in [0.3, 0.4) is 0 Å². The largest absolute Gasteiger partial charge is 0.465 e. The summed E-state index contributed by atoms with van der Waals surface area (Å²) in [6.45, 7) is 7.16. The van der Waals surface area contributed by atoms with Gasteiger partial charge in [-0.25, -0.2) is 0 Å². The third-order valence-corrected chi connectivity index (χ3v) is 3.26. The average Bonchev–Trinajstić information content (AvgIpc) is 2.91. The molecule has 0 aliphatic carbocycles. The topological polar surface area (TPSA) is 43.0 Å². The van der Waals surface area contributed by atoms with Crippen molar-refractivity contribution in [2.75, 3.05) is 6.54 Å². The van der Waals surface area contributed by atoms with Crippen molar-refractivity contribution in [3.8, 4) is 0 Å². The van der Waals surface area contributed by atoms with Gasteiger partial charge in [-0.15, -0.1) is 0 Å². The van der Waals surface area contributed by atoms with E-state index in [4.69, 9.17) is 4.42 Å². The maximum atomic E-state index is 5.77. The van der Waals surface area contributed by atoms with Crippen molar-refractivity contribution in [2.24, 2.45) is 7.05 Å². The normalized spacial score (nSPS) is 12.8. The van der Waals surface area contributed by atoms with Gasteiger partial charge in [0.2, 0.25) is 0 Å². The molecule has 2 aromatic heterocycles. The zero-order valence-electron chi connectivity index (χ0n) is 12.2. The summed E-state index contributed by atoms with van der Waals surface area (Å²) in [5.41, 5.74) is 2.28. The first-order valence-electron chi connectivity index (χ1n) is 6.89. The summed E-state index contributed by atoms with van der Waals surface area (Å²) in [5.74, 6) is 1.96. The smallest absolute Gasteiger partial charge is 0.121 e. The van der Waals surface area contributed by atoms with E-state index in [0.29, 0.717) is 0 Å². The molecule has 0 fully saturated rings. The standard InChI is InChI=1S/C15H23N3O/c1-5-8-16-14(15-7-6-12(3)19-15)10-13-9-11(2)17-18(13)4/h6-7,9,14,16H,5,8,10H2,1-4H3. The first kappa shape index (κ1) is 13.9. The fraction of sp³-hybridized carbons (Fsp3) is 0.533. The highest BCUT2D eigenvalue weighted by atomic mass is 16.3. The zero-order valence-corrected chi connectivity index (χ0v) is 12.2. The Morgan fingerprint density at radius 1 is 1.37 bits per heavy atom.